The number of benzene rings is 1. The first-order valence-corrected chi connectivity index (χ1v) is 5.53. The van der Waals surface area contributed by atoms with Crippen LogP contribution in [0.25, 0.3) is 0 Å². The van der Waals surface area contributed by atoms with Crippen LogP contribution in [-0.2, 0) is 16.0 Å². The average molecular weight is 246 g/mol. The molecule has 0 saturated carbocycles. The Bertz CT molecular complexity index is 474. The third-order valence-corrected chi connectivity index (χ3v) is 2.41. The summed E-state index contributed by atoms with van der Waals surface area (Å²) in [6.07, 6.45) is 0.258. The molecule has 1 rings (SSSR count). The molecule has 0 aliphatic carbocycles. The van der Waals surface area contributed by atoms with Crippen molar-refractivity contribution in [1.82, 2.24) is 0 Å². The molecule has 1 aromatic carbocycles. The zero-order chi connectivity index (χ0) is 13.5. The lowest BCUT2D eigenvalue weighted by atomic mass is 10.00. The van der Waals surface area contributed by atoms with Gasteiger partial charge < -0.3 is 10.5 Å². The van der Waals surface area contributed by atoms with E-state index < -0.39 is 17.8 Å². The summed E-state index contributed by atoms with van der Waals surface area (Å²) in [6, 6.07) is 8.38. The van der Waals surface area contributed by atoms with Crippen molar-refractivity contribution in [2.24, 2.45) is 11.7 Å². The van der Waals surface area contributed by atoms with Gasteiger partial charge in [0.25, 0.3) is 0 Å². The highest BCUT2D eigenvalue weighted by atomic mass is 16.5. The molecule has 1 amide bonds. The highest BCUT2D eigenvalue weighted by molar-refractivity contribution is 5.92. The van der Waals surface area contributed by atoms with Crippen LogP contribution in [0, 0.1) is 17.2 Å². The van der Waals surface area contributed by atoms with Crippen LogP contribution in [0.1, 0.15) is 22.8 Å². The number of ether oxygens (including phenoxy) is 1. The number of carbonyl (C=O) groups excluding carboxylic acids is 2. The van der Waals surface area contributed by atoms with E-state index in [4.69, 9.17) is 15.7 Å². The lowest BCUT2D eigenvalue weighted by molar-refractivity contribution is -0.145. The molecule has 0 heterocycles. The van der Waals surface area contributed by atoms with E-state index in [1.165, 1.54) is 0 Å². The summed E-state index contributed by atoms with van der Waals surface area (Å²) in [5, 5.41) is 8.90. The van der Waals surface area contributed by atoms with E-state index in [-0.39, 0.29) is 13.0 Å². The summed E-state index contributed by atoms with van der Waals surface area (Å²) in [4.78, 5) is 22.3. The Hall–Kier alpha value is -2.35. The lowest BCUT2D eigenvalue weighted by Crippen LogP contribution is -2.18. The molecule has 2 N–H and O–H groups in total. The van der Waals surface area contributed by atoms with E-state index in [1.54, 1.807) is 31.2 Å². The third kappa shape index (κ3) is 3.59. The van der Waals surface area contributed by atoms with Crippen molar-refractivity contribution in [3.63, 3.8) is 0 Å². The van der Waals surface area contributed by atoms with Gasteiger partial charge in [-0.25, -0.2) is 0 Å². The number of nitriles is 1. The maximum Gasteiger partial charge on any atom is 0.323 e. The molecule has 18 heavy (non-hydrogen) atoms. The summed E-state index contributed by atoms with van der Waals surface area (Å²) in [5.41, 5.74) is 6.28. The fourth-order valence-corrected chi connectivity index (χ4v) is 1.47. The standard InChI is InChI=1S/C13H14N2O3/c1-2-18-13(17)11(8-14)7-9-3-5-10(6-4-9)12(15)16/h3-6,11H,2,7H2,1H3,(H2,15,16). The van der Waals surface area contributed by atoms with Crippen LogP contribution in [0.2, 0.25) is 0 Å². The first kappa shape index (κ1) is 13.7. The maximum atomic E-state index is 11.4. The van der Waals surface area contributed by atoms with Gasteiger partial charge in [-0.2, -0.15) is 5.26 Å². The van der Waals surface area contributed by atoms with Crippen molar-refractivity contribution in [2.75, 3.05) is 6.61 Å². The van der Waals surface area contributed by atoms with Gasteiger partial charge in [-0.1, -0.05) is 12.1 Å². The number of esters is 1. The first-order valence-electron chi connectivity index (χ1n) is 5.53. The predicted molar refractivity (Wildman–Crippen MR) is 64.4 cm³/mol. The highest BCUT2D eigenvalue weighted by Crippen LogP contribution is 2.11. The second-order valence-electron chi connectivity index (χ2n) is 3.70. The van der Waals surface area contributed by atoms with Crippen LogP contribution in [0.5, 0.6) is 0 Å². The molecule has 0 saturated heterocycles. The second kappa shape index (κ2) is 6.40. The molecule has 0 aromatic heterocycles. The van der Waals surface area contributed by atoms with Gasteiger partial charge in [0.1, 0.15) is 5.92 Å². The normalized spacial score (nSPS) is 11.3. The van der Waals surface area contributed by atoms with Gasteiger partial charge in [-0.05, 0) is 31.0 Å². The molecule has 0 aliphatic rings. The maximum absolute atomic E-state index is 11.4. The lowest BCUT2D eigenvalue weighted by Gasteiger charge is -2.08. The van der Waals surface area contributed by atoms with Crippen molar-refractivity contribution in [1.29, 1.82) is 5.26 Å². The van der Waals surface area contributed by atoms with Gasteiger partial charge in [0, 0.05) is 5.56 Å². The zero-order valence-corrected chi connectivity index (χ0v) is 10.1. The summed E-state index contributed by atoms with van der Waals surface area (Å²) < 4.78 is 4.79. The minimum Gasteiger partial charge on any atom is -0.465 e. The Kier molecular flexibility index (Phi) is 4.88. The van der Waals surface area contributed by atoms with Crippen LogP contribution in [0.3, 0.4) is 0 Å². The summed E-state index contributed by atoms with van der Waals surface area (Å²) in [7, 11) is 0. The Morgan fingerprint density at radius 1 is 1.39 bits per heavy atom. The molecule has 0 fully saturated rings. The first-order chi connectivity index (χ1) is 8.58. The molecule has 5 nitrogen and oxygen atoms in total. The minimum absolute atomic E-state index is 0.248. The van der Waals surface area contributed by atoms with Gasteiger partial charge in [-0.3, -0.25) is 9.59 Å². The van der Waals surface area contributed by atoms with Crippen LogP contribution in [0.15, 0.2) is 24.3 Å². The third-order valence-electron chi connectivity index (χ3n) is 2.41. The molecular formula is C13H14N2O3. The molecule has 1 unspecified atom stereocenters. The van der Waals surface area contributed by atoms with E-state index >= 15 is 0 Å². The number of hydrogen-bond donors (Lipinski definition) is 1. The van der Waals surface area contributed by atoms with E-state index in [0.29, 0.717) is 5.56 Å². The number of primary amides is 1. The fraction of sp³-hybridized carbons (Fsp3) is 0.308. The van der Waals surface area contributed by atoms with Crippen LogP contribution in [-0.4, -0.2) is 18.5 Å². The highest BCUT2D eigenvalue weighted by Gasteiger charge is 2.19. The molecule has 5 heteroatoms. The minimum atomic E-state index is -0.829. The zero-order valence-electron chi connectivity index (χ0n) is 10.1. The molecule has 0 aliphatic heterocycles. The Labute approximate surface area is 105 Å². The molecule has 0 radical (unpaired) electrons. The monoisotopic (exact) mass is 246 g/mol. The van der Waals surface area contributed by atoms with Crippen LogP contribution >= 0.6 is 0 Å². The van der Waals surface area contributed by atoms with Crippen molar-refractivity contribution in [3.05, 3.63) is 35.4 Å². The SMILES string of the molecule is CCOC(=O)C(C#N)Cc1ccc(C(N)=O)cc1. The number of carbonyl (C=O) groups is 2. The van der Waals surface area contributed by atoms with Crippen molar-refractivity contribution in [3.8, 4) is 6.07 Å². The van der Waals surface area contributed by atoms with Gasteiger partial charge >= 0.3 is 5.97 Å². The number of rotatable bonds is 5. The van der Waals surface area contributed by atoms with Crippen LogP contribution < -0.4 is 5.73 Å². The molecule has 1 atom stereocenters. The smallest absolute Gasteiger partial charge is 0.323 e. The second-order valence-corrected chi connectivity index (χ2v) is 3.70. The van der Waals surface area contributed by atoms with E-state index in [1.807, 2.05) is 6.07 Å². The van der Waals surface area contributed by atoms with E-state index in [9.17, 15) is 9.59 Å². The Morgan fingerprint density at radius 2 is 2.00 bits per heavy atom. The quantitative estimate of drug-likeness (QED) is 0.785. The predicted octanol–water partition coefficient (Wildman–Crippen LogP) is 1.03. The van der Waals surface area contributed by atoms with E-state index in [0.717, 1.165) is 5.56 Å². The number of nitrogens with zero attached hydrogens (tertiary/aromatic N) is 1. The largest absolute Gasteiger partial charge is 0.465 e. The van der Waals surface area contributed by atoms with Crippen LogP contribution in [0.4, 0.5) is 0 Å². The topological polar surface area (TPSA) is 93.2 Å². The number of amides is 1. The van der Waals surface area contributed by atoms with Crippen molar-refractivity contribution in [2.45, 2.75) is 13.3 Å². The number of nitrogens with two attached hydrogens (primary N) is 1. The average Bonchev–Trinajstić information content (AvgIpc) is 2.36. The summed E-state index contributed by atoms with van der Waals surface area (Å²) in [6.45, 7) is 1.94. The molecule has 0 bridgehead atoms. The summed E-state index contributed by atoms with van der Waals surface area (Å²) in [5.74, 6) is -1.87. The molecular weight excluding hydrogens is 232 g/mol. The van der Waals surface area contributed by atoms with Gasteiger partial charge in [-0.15, -0.1) is 0 Å². The number of hydrogen-bond acceptors (Lipinski definition) is 4. The molecule has 1 aromatic rings. The Morgan fingerprint density at radius 3 is 2.44 bits per heavy atom. The van der Waals surface area contributed by atoms with Gasteiger partial charge in [0.2, 0.25) is 5.91 Å². The molecule has 0 spiro atoms. The fourth-order valence-electron chi connectivity index (χ4n) is 1.47. The van der Waals surface area contributed by atoms with Crippen molar-refractivity contribution < 1.29 is 14.3 Å². The van der Waals surface area contributed by atoms with E-state index in [2.05, 4.69) is 0 Å². The summed E-state index contributed by atoms with van der Waals surface area (Å²) >= 11 is 0. The van der Waals surface area contributed by atoms with Crippen molar-refractivity contribution >= 4 is 11.9 Å². The Balaban J connectivity index is 2.74. The van der Waals surface area contributed by atoms with Gasteiger partial charge in [0.05, 0.1) is 12.7 Å². The van der Waals surface area contributed by atoms with Gasteiger partial charge in [0.15, 0.2) is 0 Å². The molecule has 94 valence electrons.